The molecule has 0 unspecified atom stereocenters. The molecule has 30 heavy (non-hydrogen) atoms. The van der Waals surface area contributed by atoms with Crippen molar-refractivity contribution in [1.82, 2.24) is 19.7 Å². The molecule has 0 aliphatic heterocycles. The van der Waals surface area contributed by atoms with Crippen LogP contribution in [0.3, 0.4) is 0 Å². The van der Waals surface area contributed by atoms with Gasteiger partial charge >= 0.3 is 0 Å². The summed E-state index contributed by atoms with van der Waals surface area (Å²) in [4.78, 5) is 20.7. The second-order valence-electron chi connectivity index (χ2n) is 6.90. The highest BCUT2D eigenvalue weighted by Gasteiger charge is 2.19. The molecule has 2 heterocycles. The maximum absolute atomic E-state index is 13.3. The Hall–Kier alpha value is -3.85. The number of hydrogen-bond donors (Lipinski definition) is 3. The van der Waals surface area contributed by atoms with Crippen molar-refractivity contribution in [2.75, 3.05) is 11.1 Å². The number of amides is 1. The molecule has 0 saturated heterocycles. The van der Waals surface area contributed by atoms with E-state index in [0.717, 1.165) is 17.3 Å². The van der Waals surface area contributed by atoms with E-state index < -0.39 is 17.8 Å². The van der Waals surface area contributed by atoms with Crippen LogP contribution in [-0.4, -0.2) is 30.8 Å². The fourth-order valence-electron chi connectivity index (χ4n) is 3.30. The fourth-order valence-corrected chi connectivity index (χ4v) is 3.30. The van der Waals surface area contributed by atoms with Gasteiger partial charge in [-0.15, -0.1) is 0 Å². The van der Waals surface area contributed by atoms with Crippen molar-refractivity contribution >= 4 is 28.4 Å². The van der Waals surface area contributed by atoms with Gasteiger partial charge in [-0.1, -0.05) is 12.1 Å². The number of aromatic nitrogens is 4. The summed E-state index contributed by atoms with van der Waals surface area (Å²) in [5.74, 6) is -0.870. The number of aryl methyl sites for hydroxylation is 2. The quantitative estimate of drug-likeness (QED) is 0.480. The van der Waals surface area contributed by atoms with Crippen LogP contribution in [0.1, 0.15) is 22.9 Å². The van der Waals surface area contributed by atoms with E-state index in [-0.39, 0.29) is 5.56 Å². The summed E-state index contributed by atoms with van der Waals surface area (Å²) in [7, 11) is 0. The Kier molecular flexibility index (Phi) is 4.88. The lowest BCUT2D eigenvalue weighted by Gasteiger charge is -2.14. The Morgan fingerprint density at radius 1 is 1.20 bits per heavy atom. The van der Waals surface area contributed by atoms with Crippen molar-refractivity contribution in [1.29, 1.82) is 0 Å². The van der Waals surface area contributed by atoms with Crippen molar-refractivity contribution in [2.45, 2.75) is 20.0 Å². The molecule has 0 spiro atoms. The lowest BCUT2D eigenvalue weighted by molar-refractivity contribution is -0.124. The minimum Gasteiger partial charge on any atom is -0.382 e. The third-order valence-electron chi connectivity index (χ3n) is 4.76. The smallest absolute Gasteiger partial charge is 0.257 e. The highest BCUT2D eigenvalue weighted by Crippen LogP contribution is 2.27. The number of nitrogens with two attached hydrogens (primary N) is 1. The number of hydrogen-bond acceptors (Lipinski definition) is 6. The predicted molar refractivity (Wildman–Crippen MR) is 111 cm³/mol. The van der Waals surface area contributed by atoms with Gasteiger partial charge in [0.2, 0.25) is 0 Å². The first-order chi connectivity index (χ1) is 14.3. The average molecular weight is 406 g/mol. The summed E-state index contributed by atoms with van der Waals surface area (Å²) in [5, 5.41) is 17.4. The third-order valence-corrected chi connectivity index (χ3v) is 4.76. The summed E-state index contributed by atoms with van der Waals surface area (Å²) in [5.41, 5.74) is 10.2. The number of fused-ring (bicyclic) bond motifs is 1. The maximum atomic E-state index is 13.3. The fraction of sp³-hybridized carbons (Fsp3) is 0.143. The molecule has 4 aromatic rings. The zero-order valence-electron chi connectivity index (χ0n) is 16.3. The number of rotatable bonds is 4. The van der Waals surface area contributed by atoms with Crippen LogP contribution in [0.25, 0.3) is 16.7 Å². The Balaban J connectivity index is 1.62. The second kappa shape index (κ2) is 7.53. The minimum absolute atomic E-state index is 0.176. The molecule has 0 bridgehead atoms. The van der Waals surface area contributed by atoms with E-state index in [4.69, 9.17) is 5.73 Å². The first-order valence-electron chi connectivity index (χ1n) is 9.16. The number of benzene rings is 2. The van der Waals surface area contributed by atoms with Crippen molar-refractivity contribution in [3.8, 4) is 5.69 Å². The van der Waals surface area contributed by atoms with Gasteiger partial charge in [-0.25, -0.2) is 19.0 Å². The van der Waals surface area contributed by atoms with Gasteiger partial charge in [0, 0.05) is 5.69 Å². The standard InChI is InChI=1S/C21H19FN6O2/c1-11-8-15(26-21(30)19(29)13-4-3-5-14(22)9-13)6-7-16(11)28-18-17(12(2)27-28)24-10-25-20(18)23/h3-10,19,29H,1-2H3,(H,26,30)(H2,23,24,25)/t19-/m1/s1. The molecule has 1 atom stereocenters. The molecular formula is C21H19FN6O2. The second-order valence-corrected chi connectivity index (χ2v) is 6.90. The third kappa shape index (κ3) is 3.46. The van der Waals surface area contributed by atoms with Gasteiger partial charge in [-0.05, 0) is 55.3 Å². The zero-order chi connectivity index (χ0) is 21.4. The van der Waals surface area contributed by atoms with Crippen LogP contribution < -0.4 is 11.1 Å². The molecule has 8 nitrogen and oxygen atoms in total. The molecule has 152 valence electrons. The van der Waals surface area contributed by atoms with Crippen molar-refractivity contribution in [3.05, 3.63) is 71.4 Å². The lowest BCUT2D eigenvalue weighted by Crippen LogP contribution is -2.21. The topological polar surface area (TPSA) is 119 Å². The number of nitrogens with zero attached hydrogens (tertiary/aromatic N) is 4. The number of nitrogens with one attached hydrogen (secondary N) is 1. The summed E-state index contributed by atoms with van der Waals surface area (Å²) < 4.78 is 15.0. The number of aliphatic hydroxyl groups excluding tert-OH is 1. The number of nitrogen functional groups attached to an aromatic ring is 1. The maximum Gasteiger partial charge on any atom is 0.257 e. The molecule has 1 amide bonds. The van der Waals surface area contributed by atoms with Crippen molar-refractivity contribution in [2.24, 2.45) is 0 Å². The Labute approximate surface area is 171 Å². The summed E-state index contributed by atoms with van der Waals surface area (Å²) >= 11 is 0. The molecule has 0 saturated carbocycles. The monoisotopic (exact) mass is 406 g/mol. The first kappa shape index (κ1) is 19.5. The summed E-state index contributed by atoms with van der Waals surface area (Å²) in [6, 6.07) is 10.5. The van der Waals surface area contributed by atoms with Crippen LogP contribution in [0.2, 0.25) is 0 Å². The van der Waals surface area contributed by atoms with Crippen LogP contribution in [0.4, 0.5) is 15.9 Å². The van der Waals surface area contributed by atoms with E-state index in [1.165, 1.54) is 24.5 Å². The summed E-state index contributed by atoms with van der Waals surface area (Å²) in [6.45, 7) is 3.69. The molecule has 2 aromatic heterocycles. The van der Waals surface area contributed by atoms with Gasteiger partial charge in [-0.2, -0.15) is 5.10 Å². The van der Waals surface area contributed by atoms with Crippen LogP contribution in [0, 0.1) is 19.7 Å². The number of aliphatic hydroxyl groups is 1. The van der Waals surface area contributed by atoms with Gasteiger partial charge in [0.25, 0.3) is 5.91 Å². The van der Waals surface area contributed by atoms with Gasteiger partial charge in [0.05, 0.1) is 11.4 Å². The molecule has 2 aromatic carbocycles. The SMILES string of the molecule is Cc1cc(NC(=O)[C@H](O)c2cccc(F)c2)ccc1-n1nc(C)c2ncnc(N)c21. The van der Waals surface area contributed by atoms with E-state index in [1.54, 1.807) is 22.9 Å². The van der Waals surface area contributed by atoms with Crippen molar-refractivity contribution in [3.63, 3.8) is 0 Å². The van der Waals surface area contributed by atoms with Gasteiger partial charge in [0.1, 0.15) is 23.2 Å². The number of halogens is 1. The van der Waals surface area contributed by atoms with E-state index in [1.807, 2.05) is 13.8 Å². The Morgan fingerprint density at radius 2 is 2.00 bits per heavy atom. The number of anilines is 2. The van der Waals surface area contributed by atoms with Gasteiger partial charge < -0.3 is 16.2 Å². The zero-order valence-corrected chi connectivity index (χ0v) is 16.3. The molecule has 0 aliphatic rings. The lowest BCUT2D eigenvalue weighted by atomic mass is 10.1. The highest BCUT2D eigenvalue weighted by atomic mass is 19.1. The van der Waals surface area contributed by atoms with Crippen LogP contribution in [0.5, 0.6) is 0 Å². The minimum atomic E-state index is -1.49. The van der Waals surface area contributed by atoms with Gasteiger partial charge in [0.15, 0.2) is 11.9 Å². The first-order valence-corrected chi connectivity index (χ1v) is 9.16. The van der Waals surface area contributed by atoms with E-state index in [0.29, 0.717) is 28.2 Å². The Morgan fingerprint density at radius 3 is 2.73 bits per heavy atom. The van der Waals surface area contributed by atoms with E-state index >= 15 is 0 Å². The van der Waals surface area contributed by atoms with Crippen LogP contribution >= 0.6 is 0 Å². The normalized spacial score (nSPS) is 12.1. The summed E-state index contributed by atoms with van der Waals surface area (Å²) in [6.07, 6.45) is -0.0955. The van der Waals surface area contributed by atoms with E-state index in [2.05, 4.69) is 20.4 Å². The molecule has 0 aliphatic carbocycles. The average Bonchev–Trinajstić information content (AvgIpc) is 3.05. The molecule has 9 heteroatoms. The largest absolute Gasteiger partial charge is 0.382 e. The molecular weight excluding hydrogens is 387 g/mol. The van der Waals surface area contributed by atoms with Crippen molar-refractivity contribution < 1.29 is 14.3 Å². The highest BCUT2D eigenvalue weighted by molar-refractivity contribution is 5.95. The van der Waals surface area contributed by atoms with Crippen LogP contribution in [-0.2, 0) is 4.79 Å². The molecule has 4 N–H and O–H groups in total. The molecule has 4 rings (SSSR count). The van der Waals surface area contributed by atoms with Gasteiger partial charge in [-0.3, -0.25) is 4.79 Å². The molecule has 0 fully saturated rings. The molecule has 0 radical (unpaired) electrons. The van der Waals surface area contributed by atoms with Crippen LogP contribution in [0.15, 0.2) is 48.8 Å². The number of carbonyl (C=O) groups excluding carboxylic acids is 1. The number of carbonyl (C=O) groups is 1. The van der Waals surface area contributed by atoms with E-state index in [9.17, 15) is 14.3 Å². The predicted octanol–water partition coefficient (Wildman–Crippen LogP) is 2.83. The Bertz CT molecular complexity index is 1270.